The van der Waals surface area contributed by atoms with Crippen LogP contribution in [-0.2, 0) is 14.3 Å². The molecule has 17 heavy (non-hydrogen) atoms. The van der Waals surface area contributed by atoms with Crippen molar-refractivity contribution in [2.24, 2.45) is 0 Å². The average Bonchev–Trinajstić information content (AvgIpc) is 2.20. The number of esters is 1. The van der Waals surface area contributed by atoms with Crippen molar-refractivity contribution < 1.29 is 19.4 Å². The molecule has 0 aliphatic carbocycles. The van der Waals surface area contributed by atoms with E-state index in [0.717, 1.165) is 38.5 Å². The fourth-order valence-corrected chi connectivity index (χ4v) is 1.50. The number of carboxylic acids is 1. The minimum atomic E-state index is -0.729. The van der Waals surface area contributed by atoms with E-state index in [-0.39, 0.29) is 12.4 Å². The van der Waals surface area contributed by atoms with Gasteiger partial charge in [-0.25, -0.2) is 0 Å². The highest BCUT2D eigenvalue weighted by Crippen LogP contribution is 2.09. The van der Waals surface area contributed by atoms with E-state index >= 15 is 0 Å². The molecule has 0 aromatic carbocycles. The first-order chi connectivity index (χ1) is 8.02. The second-order valence-electron chi connectivity index (χ2n) is 4.19. The van der Waals surface area contributed by atoms with E-state index in [4.69, 9.17) is 9.84 Å². The zero-order chi connectivity index (χ0) is 13.1. The van der Waals surface area contributed by atoms with Gasteiger partial charge in [0, 0.05) is 12.8 Å². The van der Waals surface area contributed by atoms with Crippen LogP contribution in [0.3, 0.4) is 0 Å². The summed E-state index contributed by atoms with van der Waals surface area (Å²) in [4.78, 5) is 21.4. The SMILES string of the molecule is C=C(C)OC(=O)CCCCCCCCC(=O)O. The smallest absolute Gasteiger partial charge is 0.310 e. The molecule has 0 unspecified atom stereocenters. The van der Waals surface area contributed by atoms with Gasteiger partial charge in [0.15, 0.2) is 0 Å². The lowest BCUT2D eigenvalue weighted by Crippen LogP contribution is -2.01. The van der Waals surface area contributed by atoms with Crippen LogP contribution in [0.25, 0.3) is 0 Å². The van der Waals surface area contributed by atoms with E-state index in [0.29, 0.717) is 12.2 Å². The zero-order valence-corrected chi connectivity index (χ0v) is 10.5. The van der Waals surface area contributed by atoms with Gasteiger partial charge in [-0.1, -0.05) is 32.3 Å². The van der Waals surface area contributed by atoms with Crippen LogP contribution in [0, 0.1) is 0 Å². The fraction of sp³-hybridized carbons (Fsp3) is 0.692. The van der Waals surface area contributed by atoms with Gasteiger partial charge in [0.1, 0.15) is 0 Å². The summed E-state index contributed by atoms with van der Waals surface area (Å²) in [6, 6.07) is 0. The largest absolute Gasteiger partial charge is 0.481 e. The monoisotopic (exact) mass is 242 g/mol. The minimum absolute atomic E-state index is 0.219. The quantitative estimate of drug-likeness (QED) is 0.363. The highest BCUT2D eigenvalue weighted by molar-refractivity contribution is 5.70. The maximum atomic E-state index is 11.1. The minimum Gasteiger partial charge on any atom is -0.481 e. The Hall–Kier alpha value is -1.32. The third-order valence-corrected chi connectivity index (χ3v) is 2.31. The summed E-state index contributed by atoms with van der Waals surface area (Å²) in [5.41, 5.74) is 0. The van der Waals surface area contributed by atoms with Crippen LogP contribution < -0.4 is 0 Å². The van der Waals surface area contributed by atoms with Crippen molar-refractivity contribution in [1.29, 1.82) is 0 Å². The van der Waals surface area contributed by atoms with Crippen molar-refractivity contribution in [3.05, 3.63) is 12.3 Å². The molecule has 0 saturated carbocycles. The highest BCUT2D eigenvalue weighted by atomic mass is 16.5. The lowest BCUT2D eigenvalue weighted by atomic mass is 10.1. The summed E-state index contributed by atoms with van der Waals surface area (Å²) in [6.07, 6.45) is 6.26. The Morgan fingerprint density at radius 3 is 1.94 bits per heavy atom. The van der Waals surface area contributed by atoms with Gasteiger partial charge in [0.2, 0.25) is 0 Å². The molecule has 4 heteroatoms. The van der Waals surface area contributed by atoms with E-state index in [1.807, 2.05) is 0 Å². The summed E-state index contributed by atoms with van der Waals surface area (Å²) in [7, 11) is 0. The standard InChI is InChI=1S/C13H22O4/c1-11(2)17-13(16)10-8-6-4-3-5-7-9-12(14)15/h1,3-10H2,2H3,(H,14,15). The van der Waals surface area contributed by atoms with Gasteiger partial charge < -0.3 is 9.84 Å². The van der Waals surface area contributed by atoms with E-state index < -0.39 is 5.97 Å². The van der Waals surface area contributed by atoms with E-state index in [2.05, 4.69) is 6.58 Å². The van der Waals surface area contributed by atoms with Crippen LogP contribution >= 0.6 is 0 Å². The number of carboxylic acid groups (broad SMARTS) is 1. The van der Waals surface area contributed by atoms with Crippen molar-refractivity contribution in [2.45, 2.75) is 58.3 Å². The normalized spacial score (nSPS) is 9.94. The molecule has 0 saturated heterocycles. The molecule has 0 fully saturated rings. The Balaban J connectivity index is 3.21. The van der Waals surface area contributed by atoms with Crippen LogP contribution in [0.5, 0.6) is 0 Å². The number of rotatable bonds is 10. The Labute approximate surface area is 103 Å². The number of aliphatic carboxylic acids is 1. The van der Waals surface area contributed by atoms with Crippen LogP contribution in [0.4, 0.5) is 0 Å². The van der Waals surface area contributed by atoms with Crippen molar-refractivity contribution in [1.82, 2.24) is 0 Å². The molecule has 0 aliphatic rings. The third-order valence-electron chi connectivity index (χ3n) is 2.31. The van der Waals surface area contributed by atoms with Crippen LogP contribution in [0.1, 0.15) is 58.3 Å². The fourth-order valence-electron chi connectivity index (χ4n) is 1.50. The topological polar surface area (TPSA) is 63.6 Å². The molecule has 1 N–H and O–H groups in total. The predicted molar refractivity (Wildman–Crippen MR) is 65.5 cm³/mol. The number of unbranched alkanes of at least 4 members (excludes halogenated alkanes) is 5. The molecule has 0 amide bonds. The summed E-state index contributed by atoms with van der Waals surface area (Å²) < 4.78 is 4.82. The second-order valence-corrected chi connectivity index (χ2v) is 4.19. The van der Waals surface area contributed by atoms with Gasteiger partial charge in [-0.05, 0) is 19.8 Å². The Bertz CT molecular complexity index is 258. The lowest BCUT2D eigenvalue weighted by Gasteiger charge is -2.03. The summed E-state index contributed by atoms with van der Waals surface area (Å²) in [6.45, 7) is 5.15. The number of hydrogen-bond acceptors (Lipinski definition) is 3. The molecule has 0 spiro atoms. The first kappa shape index (κ1) is 15.7. The van der Waals surface area contributed by atoms with Crippen LogP contribution in [-0.4, -0.2) is 17.0 Å². The summed E-state index contributed by atoms with van der Waals surface area (Å²) in [5.74, 6) is -0.514. The predicted octanol–water partition coefficient (Wildman–Crippen LogP) is 3.27. The number of ether oxygens (including phenoxy) is 1. The highest BCUT2D eigenvalue weighted by Gasteiger charge is 2.02. The van der Waals surface area contributed by atoms with Gasteiger partial charge in [-0.15, -0.1) is 0 Å². The van der Waals surface area contributed by atoms with Gasteiger partial charge >= 0.3 is 11.9 Å². The molecule has 0 aromatic rings. The summed E-state index contributed by atoms with van der Waals surface area (Å²) in [5, 5.41) is 8.43. The Morgan fingerprint density at radius 2 is 1.47 bits per heavy atom. The number of carbonyl (C=O) groups excluding carboxylic acids is 1. The van der Waals surface area contributed by atoms with Crippen molar-refractivity contribution in [3.63, 3.8) is 0 Å². The Morgan fingerprint density at radius 1 is 1.00 bits per heavy atom. The van der Waals surface area contributed by atoms with Crippen molar-refractivity contribution in [3.8, 4) is 0 Å². The zero-order valence-electron chi connectivity index (χ0n) is 10.5. The van der Waals surface area contributed by atoms with Crippen LogP contribution in [0.2, 0.25) is 0 Å². The molecule has 98 valence electrons. The van der Waals surface area contributed by atoms with E-state index in [1.54, 1.807) is 6.92 Å². The number of allylic oxidation sites excluding steroid dienone is 1. The van der Waals surface area contributed by atoms with Crippen molar-refractivity contribution >= 4 is 11.9 Å². The van der Waals surface area contributed by atoms with E-state index in [9.17, 15) is 9.59 Å². The number of carbonyl (C=O) groups is 2. The van der Waals surface area contributed by atoms with Crippen LogP contribution in [0.15, 0.2) is 12.3 Å². The van der Waals surface area contributed by atoms with Gasteiger partial charge in [-0.2, -0.15) is 0 Å². The maximum Gasteiger partial charge on any atom is 0.310 e. The molecule has 0 atom stereocenters. The van der Waals surface area contributed by atoms with Gasteiger partial charge in [-0.3, -0.25) is 9.59 Å². The van der Waals surface area contributed by atoms with Gasteiger partial charge in [0.05, 0.1) is 5.76 Å². The average molecular weight is 242 g/mol. The lowest BCUT2D eigenvalue weighted by molar-refractivity contribution is -0.139. The molecule has 4 nitrogen and oxygen atoms in total. The first-order valence-corrected chi connectivity index (χ1v) is 6.10. The Kier molecular flexibility index (Phi) is 9.11. The molecule has 0 aliphatic heterocycles. The molecule has 0 rings (SSSR count). The molecule has 0 bridgehead atoms. The molecule has 0 heterocycles. The number of hydrogen-bond donors (Lipinski definition) is 1. The van der Waals surface area contributed by atoms with Gasteiger partial charge in [0.25, 0.3) is 0 Å². The second kappa shape index (κ2) is 9.87. The molecule has 0 aromatic heterocycles. The molecular weight excluding hydrogens is 220 g/mol. The first-order valence-electron chi connectivity index (χ1n) is 6.10. The summed E-state index contributed by atoms with van der Waals surface area (Å²) >= 11 is 0. The third kappa shape index (κ3) is 12.6. The maximum absolute atomic E-state index is 11.1. The molecule has 0 radical (unpaired) electrons. The van der Waals surface area contributed by atoms with Crippen molar-refractivity contribution in [2.75, 3.05) is 0 Å². The molecular formula is C13H22O4. The van der Waals surface area contributed by atoms with E-state index in [1.165, 1.54) is 0 Å².